The van der Waals surface area contributed by atoms with Gasteiger partial charge in [-0.1, -0.05) is 0 Å². The number of nitrogens with zero attached hydrogens (tertiary/aromatic N) is 2. The molecule has 0 bridgehead atoms. The predicted octanol–water partition coefficient (Wildman–Crippen LogP) is 1.53. The summed E-state index contributed by atoms with van der Waals surface area (Å²) in [6, 6.07) is 0.927. The lowest BCUT2D eigenvalue weighted by molar-refractivity contribution is -0.141. The zero-order valence-electron chi connectivity index (χ0n) is 10.8. The molecule has 3 heterocycles. The molecule has 2 aromatic heterocycles. The molecule has 2 N–H and O–H groups in total. The number of aromatic nitrogens is 1. The van der Waals surface area contributed by atoms with Crippen LogP contribution in [0.4, 0.5) is 0 Å². The van der Waals surface area contributed by atoms with Gasteiger partial charge in [-0.2, -0.15) is 11.3 Å². The van der Waals surface area contributed by atoms with Crippen molar-refractivity contribution in [1.82, 2.24) is 9.88 Å². The molecule has 1 aliphatic rings. The fourth-order valence-corrected chi connectivity index (χ4v) is 3.82. The Morgan fingerprint density at radius 3 is 2.86 bits per heavy atom. The van der Waals surface area contributed by atoms with E-state index in [0.29, 0.717) is 0 Å². The summed E-state index contributed by atoms with van der Waals surface area (Å²) < 4.78 is 0. The number of carboxylic acid groups (broad SMARTS) is 1. The first-order valence-corrected chi connectivity index (χ1v) is 8.08. The van der Waals surface area contributed by atoms with Crippen LogP contribution in [0.5, 0.6) is 0 Å². The van der Waals surface area contributed by atoms with Gasteiger partial charge in [0.1, 0.15) is 16.7 Å². The molecule has 3 rings (SSSR count). The van der Waals surface area contributed by atoms with Gasteiger partial charge in [-0.25, -0.2) is 9.78 Å². The highest BCUT2D eigenvalue weighted by molar-refractivity contribution is 7.14. The third kappa shape index (κ3) is 2.69. The molecule has 0 aliphatic carbocycles. The van der Waals surface area contributed by atoms with Gasteiger partial charge in [-0.05, 0) is 11.4 Å². The van der Waals surface area contributed by atoms with Crippen molar-refractivity contribution in [2.75, 3.05) is 6.54 Å². The Labute approximate surface area is 128 Å². The van der Waals surface area contributed by atoms with E-state index >= 15 is 0 Å². The number of rotatable bonds is 3. The second-order valence-electron chi connectivity index (χ2n) is 4.75. The van der Waals surface area contributed by atoms with Crippen molar-refractivity contribution in [2.45, 2.75) is 18.6 Å². The van der Waals surface area contributed by atoms with Crippen LogP contribution in [-0.2, 0) is 4.79 Å². The number of carbonyl (C=O) groups is 2. The topological polar surface area (TPSA) is 90.7 Å². The number of aliphatic hydroxyl groups excluding tert-OH is 1. The quantitative estimate of drug-likeness (QED) is 0.893. The zero-order valence-corrected chi connectivity index (χ0v) is 12.4. The minimum Gasteiger partial charge on any atom is -0.480 e. The molecular formula is C13H12N2O4S2. The fourth-order valence-electron chi connectivity index (χ4n) is 2.31. The summed E-state index contributed by atoms with van der Waals surface area (Å²) in [7, 11) is 0. The summed E-state index contributed by atoms with van der Waals surface area (Å²) in [5, 5.41) is 24.9. The lowest BCUT2D eigenvalue weighted by atomic mass is 10.2. The molecule has 0 unspecified atom stereocenters. The third-order valence-electron chi connectivity index (χ3n) is 3.32. The number of carboxylic acids is 1. The van der Waals surface area contributed by atoms with Gasteiger partial charge < -0.3 is 15.1 Å². The van der Waals surface area contributed by atoms with Crippen LogP contribution < -0.4 is 0 Å². The van der Waals surface area contributed by atoms with E-state index in [1.807, 2.05) is 16.8 Å². The number of likely N-dealkylation sites (tertiary alicyclic amines) is 1. The first-order chi connectivity index (χ1) is 10.1. The second-order valence-corrected chi connectivity index (χ2v) is 6.39. The lowest BCUT2D eigenvalue weighted by Gasteiger charge is -2.19. The largest absolute Gasteiger partial charge is 0.480 e. The van der Waals surface area contributed by atoms with Gasteiger partial charge >= 0.3 is 5.97 Å². The number of hydrogen-bond acceptors (Lipinski definition) is 6. The van der Waals surface area contributed by atoms with Crippen molar-refractivity contribution in [3.63, 3.8) is 0 Å². The van der Waals surface area contributed by atoms with Crippen molar-refractivity contribution in [2.24, 2.45) is 0 Å². The van der Waals surface area contributed by atoms with E-state index in [-0.39, 0.29) is 18.7 Å². The summed E-state index contributed by atoms with van der Waals surface area (Å²) in [6.45, 7) is 0.0289. The molecule has 6 nitrogen and oxygen atoms in total. The van der Waals surface area contributed by atoms with E-state index in [9.17, 15) is 14.7 Å². The van der Waals surface area contributed by atoms with Crippen LogP contribution in [0.2, 0.25) is 0 Å². The van der Waals surface area contributed by atoms with Crippen LogP contribution in [0.3, 0.4) is 0 Å². The molecule has 110 valence electrons. The maximum atomic E-state index is 12.4. The van der Waals surface area contributed by atoms with Crippen LogP contribution in [-0.4, -0.2) is 50.7 Å². The molecule has 1 fully saturated rings. The van der Waals surface area contributed by atoms with Crippen molar-refractivity contribution < 1.29 is 19.8 Å². The van der Waals surface area contributed by atoms with Crippen molar-refractivity contribution in [3.8, 4) is 10.6 Å². The van der Waals surface area contributed by atoms with Crippen LogP contribution >= 0.6 is 22.7 Å². The Morgan fingerprint density at radius 2 is 2.19 bits per heavy atom. The second kappa shape index (κ2) is 5.55. The highest BCUT2D eigenvalue weighted by Gasteiger charge is 2.39. The number of β-amino-alcohol motifs (C(OH)–C–C–N with tert-alkyl or cyclic N) is 1. The van der Waals surface area contributed by atoms with E-state index in [1.54, 1.807) is 16.7 Å². The minimum absolute atomic E-state index is 0.0289. The number of carbonyl (C=O) groups excluding carboxylic acids is 1. The first-order valence-electron chi connectivity index (χ1n) is 6.26. The lowest BCUT2D eigenvalue weighted by Crippen LogP contribution is -2.40. The fraction of sp³-hybridized carbons (Fsp3) is 0.308. The van der Waals surface area contributed by atoms with Crippen molar-refractivity contribution >= 4 is 34.6 Å². The number of hydrogen-bond donors (Lipinski definition) is 2. The molecule has 2 aromatic rings. The Bertz CT molecular complexity index is 668. The SMILES string of the molecule is O=C(O)[C@@H]1C[C@H](O)CN1C(=O)c1csc(-c2ccsc2)n1. The monoisotopic (exact) mass is 324 g/mol. The minimum atomic E-state index is -1.10. The number of aliphatic carboxylic acids is 1. The van der Waals surface area contributed by atoms with E-state index in [2.05, 4.69) is 4.98 Å². The van der Waals surface area contributed by atoms with Crippen LogP contribution in [0.15, 0.2) is 22.2 Å². The molecule has 0 saturated carbocycles. The van der Waals surface area contributed by atoms with Gasteiger partial charge in [0, 0.05) is 29.3 Å². The zero-order chi connectivity index (χ0) is 15.0. The van der Waals surface area contributed by atoms with Crippen LogP contribution in [0.1, 0.15) is 16.9 Å². The van der Waals surface area contributed by atoms with Gasteiger partial charge in [0.05, 0.1) is 6.10 Å². The van der Waals surface area contributed by atoms with E-state index in [1.165, 1.54) is 16.2 Å². The number of thiazole rings is 1. The van der Waals surface area contributed by atoms with Gasteiger partial charge in [-0.3, -0.25) is 4.79 Å². The van der Waals surface area contributed by atoms with Crippen LogP contribution in [0.25, 0.3) is 10.6 Å². The molecule has 1 aliphatic heterocycles. The Balaban J connectivity index is 1.83. The third-order valence-corrected chi connectivity index (χ3v) is 4.89. The van der Waals surface area contributed by atoms with E-state index in [0.717, 1.165) is 10.6 Å². The first kappa shape index (κ1) is 14.2. The highest BCUT2D eigenvalue weighted by atomic mass is 32.1. The normalized spacial score (nSPS) is 21.7. The number of thiophene rings is 1. The van der Waals surface area contributed by atoms with Crippen LogP contribution in [0, 0.1) is 0 Å². The Hall–Kier alpha value is -1.77. The summed E-state index contributed by atoms with van der Waals surface area (Å²) in [5.41, 5.74) is 1.17. The summed E-state index contributed by atoms with van der Waals surface area (Å²) >= 11 is 2.89. The molecular weight excluding hydrogens is 312 g/mol. The maximum Gasteiger partial charge on any atom is 0.326 e. The maximum absolute atomic E-state index is 12.4. The standard InChI is InChI=1S/C13H12N2O4S2/c16-8-3-10(13(18)19)15(4-8)12(17)9-6-21-11(14-9)7-1-2-20-5-7/h1-2,5-6,8,10,16H,3-4H2,(H,18,19)/t8-,10-/m0/s1. The van der Waals surface area contributed by atoms with E-state index < -0.39 is 24.0 Å². The van der Waals surface area contributed by atoms with Gasteiger partial charge in [-0.15, -0.1) is 11.3 Å². The molecule has 0 radical (unpaired) electrons. The average Bonchev–Trinajstić information content (AvgIpc) is 3.17. The van der Waals surface area contributed by atoms with Crippen molar-refractivity contribution in [1.29, 1.82) is 0 Å². The summed E-state index contributed by atoms with van der Waals surface area (Å²) in [6.07, 6.45) is -0.743. The summed E-state index contributed by atoms with van der Waals surface area (Å²) in [4.78, 5) is 29.0. The van der Waals surface area contributed by atoms with Gasteiger partial charge in [0.25, 0.3) is 5.91 Å². The smallest absolute Gasteiger partial charge is 0.326 e. The van der Waals surface area contributed by atoms with Gasteiger partial charge in [0.15, 0.2) is 0 Å². The molecule has 0 aromatic carbocycles. The molecule has 1 amide bonds. The molecule has 0 spiro atoms. The molecule has 21 heavy (non-hydrogen) atoms. The Kier molecular flexibility index (Phi) is 3.75. The Morgan fingerprint density at radius 1 is 1.38 bits per heavy atom. The van der Waals surface area contributed by atoms with E-state index in [4.69, 9.17) is 5.11 Å². The van der Waals surface area contributed by atoms with Gasteiger partial charge in [0.2, 0.25) is 0 Å². The molecule has 2 atom stereocenters. The number of aliphatic hydroxyl groups is 1. The molecule has 1 saturated heterocycles. The molecule has 8 heteroatoms. The summed E-state index contributed by atoms with van der Waals surface area (Å²) in [5.74, 6) is -1.55. The predicted molar refractivity (Wildman–Crippen MR) is 78.5 cm³/mol. The average molecular weight is 324 g/mol. The number of amides is 1. The highest BCUT2D eigenvalue weighted by Crippen LogP contribution is 2.27. The van der Waals surface area contributed by atoms with Crippen molar-refractivity contribution in [3.05, 3.63) is 27.9 Å².